The fraction of sp³-hybridized carbons (Fsp3) is 0.833. The molecule has 0 saturated carbocycles. The van der Waals surface area contributed by atoms with Crippen molar-refractivity contribution >= 4 is 18.5 Å². The van der Waals surface area contributed by atoms with Crippen LogP contribution in [0.15, 0.2) is 0 Å². The molecule has 1 saturated heterocycles. The first-order valence-corrected chi connectivity index (χ1v) is 3.57. The Bertz CT molecular complexity index is 156. The topological polar surface area (TPSA) is 75.8 Å². The molecule has 6 heteroatoms. The highest BCUT2D eigenvalue weighted by Crippen LogP contribution is 2.11. The van der Waals surface area contributed by atoms with Crippen LogP contribution in [0.1, 0.15) is 12.8 Å². The third-order valence-electron chi connectivity index (χ3n) is 1.84. The lowest BCUT2D eigenvalue weighted by Crippen LogP contribution is -2.43. The number of carboxylic acid groups (broad SMARTS) is 1. The molecule has 0 aromatic heterocycles. The van der Waals surface area contributed by atoms with Crippen LogP contribution in [0.2, 0.25) is 0 Å². The number of rotatable bonds is 1. The minimum absolute atomic E-state index is 0. The van der Waals surface area contributed by atoms with Gasteiger partial charge >= 0.3 is 6.09 Å². The van der Waals surface area contributed by atoms with E-state index in [0.29, 0.717) is 13.1 Å². The van der Waals surface area contributed by atoms with Gasteiger partial charge in [0, 0.05) is 6.54 Å². The summed E-state index contributed by atoms with van der Waals surface area (Å²) in [6, 6.07) is 0. The van der Waals surface area contributed by atoms with Crippen LogP contribution in [0.5, 0.6) is 0 Å². The summed E-state index contributed by atoms with van der Waals surface area (Å²) in [6.07, 6.45) is 0.653. The Morgan fingerprint density at radius 1 is 1.67 bits per heavy atom. The lowest BCUT2D eigenvalue weighted by Gasteiger charge is -2.28. The van der Waals surface area contributed by atoms with Crippen LogP contribution in [0.25, 0.3) is 0 Å². The fourth-order valence-corrected chi connectivity index (χ4v) is 1.22. The summed E-state index contributed by atoms with van der Waals surface area (Å²) in [7, 11) is 0. The van der Waals surface area contributed by atoms with Crippen molar-refractivity contribution in [2.45, 2.75) is 18.9 Å². The standard InChI is InChI=1S/C6H12N2O3.ClH/c7-11-5-2-1-3-8(4-5)6(9)10;/h5H,1-4,7H2,(H,9,10);1H/t5-;/m1./s1. The first kappa shape index (κ1) is 11.5. The summed E-state index contributed by atoms with van der Waals surface area (Å²) >= 11 is 0. The van der Waals surface area contributed by atoms with E-state index < -0.39 is 6.09 Å². The van der Waals surface area contributed by atoms with Gasteiger partial charge in [-0.2, -0.15) is 0 Å². The molecule has 0 spiro atoms. The lowest BCUT2D eigenvalue weighted by atomic mass is 10.1. The SMILES string of the molecule is Cl.NO[C@@H]1CCCN(C(=O)O)C1. The molecule has 1 fully saturated rings. The average Bonchev–Trinajstić information content (AvgIpc) is 2.05. The number of hydrogen-bond acceptors (Lipinski definition) is 3. The second kappa shape index (κ2) is 5.18. The van der Waals surface area contributed by atoms with Crippen molar-refractivity contribution in [1.29, 1.82) is 0 Å². The quantitative estimate of drug-likeness (QED) is 0.597. The second-order valence-corrected chi connectivity index (χ2v) is 2.63. The Balaban J connectivity index is 0.00000121. The summed E-state index contributed by atoms with van der Waals surface area (Å²) in [4.78, 5) is 16.3. The van der Waals surface area contributed by atoms with Crippen molar-refractivity contribution in [2.75, 3.05) is 13.1 Å². The van der Waals surface area contributed by atoms with E-state index in [1.165, 1.54) is 4.90 Å². The number of piperidine rings is 1. The number of nitrogens with zero attached hydrogens (tertiary/aromatic N) is 1. The largest absolute Gasteiger partial charge is 0.465 e. The van der Waals surface area contributed by atoms with E-state index in [9.17, 15) is 4.79 Å². The van der Waals surface area contributed by atoms with Gasteiger partial charge in [0.2, 0.25) is 0 Å². The molecule has 1 amide bonds. The molecule has 1 heterocycles. The highest BCUT2D eigenvalue weighted by Gasteiger charge is 2.22. The average molecular weight is 197 g/mol. The predicted molar refractivity (Wildman–Crippen MR) is 45.1 cm³/mol. The van der Waals surface area contributed by atoms with Crippen molar-refractivity contribution < 1.29 is 14.7 Å². The van der Waals surface area contributed by atoms with Gasteiger partial charge in [0.15, 0.2) is 0 Å². The van der Waals surface area contributed by atoms with Gasteiger partial charge in [0.05, 0.1) is 12.6 Å². The van der Waals surface area contributed by atoms with Crippen molar-refractivity contribution in [3.63, 3.8) is 0 Å². The van der Waals surface area contributed by atoms with E-state index in [1.807, 2.05) is 0 Å². The summed E-state index contributed by atoms with van der Waals surface area (Å²) in [5.41, 5.74) is 0. The molecular weight excluding hydrogens is 184 g/mol. The third-order valence-corrected chi connectivity index (χ3v) is 1.84. The maximum Gasteiger partial charge on any atom is 0.407 e. The molecule has 1 atom stereocenters. The molecule has 0 aliphatic carbocycles. The molecule has 3 N–H and O–H groups in total. The van der Waals surface area contributed by atoms with Gasteiger partial charge in [-0.3, -0.25) is 4.84 Å². The summed E-state index contributed by atoms with van der Waals surface area (Å²) in [6.45, 7) is 0.987. The van der Waals surface area contributed by atoms with Gasteiger partial charge in [-0.05, 0) is 12.8 Å². The van der Waals surface area contributed by atoms with E-state index in [4.69, 9.17) is 11.0 Å². The number of amides is 1. The van der Waals surface area contributed by atoms with Crippen LogP contribution in [0, 0.1) is 0 Å². The Morgan fingerprint density at radius 2 is 2.33 bits per heavy atom. The van der Waals surface area contributed by atoms with Crippen molar-refractivity contribution in [2.24, 2.45) is 5.90 Å². The van der Waals surface area contributed by atoms with E-state index in [0.717, 1.165) is 12.8 Å². The molecular formula is C6H13ClN2O3. The first-order valence-electron chi connectivity index (χ1n) is 3.57. The Labute approximate surface area is 76.8 Å². The number of hydrogen-bond donors (Lipinski definition) is 2. The Hall–Kier alpha value is -0.520. The molecule has 0 bridgehead atoms. The minimum atomic E-state index is -0.897. The zero-order valence-electron chi connectivity index (χ0n) is 6.60. The van der Waals surface area contributed by atoms with Crippen molar-refractivity contribution in [3.05, 3.63) is 0 Å². The highest BCUT2D eigenvalue weighted by atomic mass is 35.5. The van der Waals surface area contributed by atoms with Crippen LogP contribution in [-0.2, 0) is 4.84 Å². The molecule has 0 unspecified atom stereocenters. The molecule has 1 aliphatic heterocycles. The second-order valence-electron chi connectivity index (χ2n) is 2.63. The van der Waals surface area contributed by atoms with Crippen LogP contribution in [-0.4, -0.2) is 35.3 Å². The minimum Gasteiger partial charge on any atom is -0.465 e. The number of halogens is 1. The van der Waals surface area contributed by atoms with Gasteiger partial charge in [-0.15, -0.1) is 12.4 Å². The highest BCUT2D eigenvalue weighted by molar-refractivity contribution is 5.85. The summed E-state index contributed by atoms with van der Waals surface area (Å²) < 4.78 is 0. The molecule has 1 aliphatic rings. The van der Waals surface area contributed by atoms with Crippen LogP contribution >= 0.6 is 12.4 Å². The van der Waals surface area contributed by atoms with Crippen molar-refractivity contribution in [3.8, 4) is 0 Å². The van der Waals surface area contributed by atoms with E-state index in [2.05, 4.69) is 4.84 Å². The molecule has 0 aromatic rings. The van der Waals surface area contributed by atoms with Gasteiger partial charge in [0.25, 0.3) is 0 Å². The van der Waals surface area contributed by atoms with Gasteiger partial charge in [-0.1, -0.05) is 0 Å². The van der Waals surface area contributed by atoms with Gasteiger partial charge in [-0.25, -0.2) is 10.7 Å². The smallest absolute Gasteiger partial charge is 0.407 e. The molecule has 0 aromatic carbocycles. The van der Waals surface area contributed by atoms with E-state index in [1.54, 1.807) is 0 Å². The maximum atomic E-state index is 10.4. The predicted octanol–water partition coefficient (Wildman–Crippen LogP) is 0.441. The molecule has 5 nitrogen and oxygen atoms in total. The van der Waals surface area contributed by atoms with Gasteiger partial charge in [0.1, 0.15) is 0 Å². The number of nitrogens with two attached hydrogens (primary N) is 1. The molecule has 72 valence electrons. The first-order chi connectivity index (χ1) is 5.24. The fourth-order valence-electron chi connectivity index (χ4n) is 1.22. The maximum absolute atomic E-state index is 10.4. The monoisotopic (exact) mass is 196 g/mol. The number of likely N-dealkylation sites (tertiary alicyclic amines) is 1. The van der Waals surface area contributed by atoms with Gasteiger partial charge < -0.3 is 10.0 Å². The third kappa shape index (κ3) is 2.84. The zero-order valence-corrected chi connectivity index (χ0v) is 7.42. The van der Waals surface area contributed by atoms with E-state index >= 15 is 0 Å². The Kier molecular flexibility index (Phi) is 4.96. The normalized spacial score (nSPS) is 23.1. The van der Waals surface area contributed by atoms with Crippen LogP contribution in [0.4, 0.5) is 4.79 Å². The molecule has 12 heavy (non-hydrogen) atoms. The summed E-state index contributed by atoms with van der Waals surface area (Å²) in [5, 5.41) is 8.58. The molecule has 0 radical (unpaired) electrons. The zero-order chi connectivity index (χ0) is 8.27. The van der Waals surface area contributed by atoms with E-state index in [-0.39, 0.29) is 18.5 Å². The number of carbonyl (C=O) groups is 1. The summed E-state index contributed by atoms with van der Waals surface area (Å²) in [5.74, 6) is 4.95. The van der Waals surface area contributed by atoms with Crippen LogP contribution < -0.4 is 5.90 Å². The molecule has 1 rings (SSSR count). The van der Waals surface area contributed by atoms with Crippen LogP contribution in [0.3, 0.4) is 0 Å². The lowest BCUT2D eigenvalue weighted by molar-refractivity contribution is 0.00227. The Morgan fingerprint density at radius 3 is 2.83 bits per heavy atom. The van der Waals surface area contributed by atoms with Crippen molar-refractivity contribution in [1.82, 2.24) is 4.90 Å².